The number of rotatable bonds is 5. The van der Waals surface area contributed by atoms with Crippen molar-refractivity contribution in [2.45, 2.75) is 25.3 Å². The van der Waals surface area contributed by atoms with E-state index in [1.54, 1.807) is 11.0 Å². The predicted octanol–water partition coefficient (Wildman–Crippen LogP) is 4.26. The predicted molar refractivity (Wildman–Crippen MR) is 119 cm³/mol. The maximum absolute atomic E-state index is 13.3. The van der Waals surface area contributed by atoms with Crippen LogP contribution in [0.3, 0.4) is 0 Å². The number of carbonyl (C=O) groups excluding carboxylic acids is 2. The van der Waals surface area contributed by atoms with Crippen molar-refractivity contribution in [3.63, 3.8) is 0 Å². The summed E-state index contributed by atoms with van der Waals surface area (Å²) in [6.45, 7) is 2.49. The van der Waals surface area contributed by atoms with Gasteiger partial charge in [-0.1, -0.05) is 30.3 Å². The summed E-state index contributed by atoms with van der Waals surface area (Å²) < 4.78 is 5.05. The molecule has 2 aromatic carbocycles. The first-order valence-corrected chi connectivity index (χ1v) is 10.8. The van der Waals surface area contributed by atoms with Crippen LogP contribution in [-0.4, -0.2) is 36.3 Å². The van der Waals surface area contributed by atoms with Crippen LogP contribution in [0.4, 0.5) is 11.4 Å². The molecule has 6 nitrogen and oxygen atoms in total. The lowest BCUT2D eigenvalue weighted by molar-refractivity contribution is -0.121. The Morgan fingerprint density at radius 3 is 2.52 bits per heavy atom. The summed E-state index contributed by atoms with van der Waals surface area (Å²) in [6.07, 6.45) is 5.98. The van der Waals surface area contributed by atoms with Crippen LogP contribution >= 0.6 is 0 Å². The van der Waals surface area contributed by atoms with Gasteiger partial charge in [-0.2, -0.15) is 0 Å². The minimum atomic E-state index is -0.295. The second-order valence-electron chi connectivity index (χ2n) is 8.11. The van der Waals surface area contributed by atoms with E-state index in [1.165, 1.54) is 12.5 Å². The molecule has 158 valence electrons. The minimum Gasteiger partial charge on any atom is -0.472 e. The van der Waals surface area contributed by atoms with Crippen LogP contribution in [0.5, 0.6) is 0 Å². The average molecular weight is 415 g/mol. The molecule has 6 heteroatoms. The molecule has 0 spiro atoms. The fraction of sp³-hybridized carbons (Fsp3) is 0.280. The molecule has 1 unspecified atom stereocenters. The van der Waals surface area contributed by atoms with Crippen LogP contribution in [0, 0.1) is 0 Å². The molecule has 31 heavy (non-hydrogen) atoms. The number of likely N-dealkylation sites (tertiary alicyclic amines) is 1. The van der Waals surface area contributed by atoms with E-state index < -0.39 is 0 Å². The quantitative estimate of drug-likeness (QED) is 0.676. The third-order valence-electron chi connectivity index (χ3n) is 6.13. The van der Waals surface area contributed by atoms with Crippen LogP contribution in [0.1, 0.15) is 40.4 Å². The van der Waals surface area contributed by atoms with Crippen molar-refractivity contribution in [3.8, 4) is 0 Å². The number of carbonyl (C=O) groups is 2. The van der Waals surface area contributed by atoms with Crippen molar-refractivity contribution < 1.29 is 14.0 Å². The number of fused-ring (bicyclic) bond motifs is 1. The van der Waals surface area contributed by atoms with Crippen LogP contribution in [0.25, 0.3) is 0 Å². The molecule has 0 saturated carbocycles. The molecular formula is C25H25N3O3. The van der Waals surface area contributed by atoms with Gasteiger partial charge in [0, 0.05) is 17.9 Å². The first kappa shape index (κ1) is 19.6. The summed E-state index contributed by atoms with van der Waals surface area (Å²) in [5.41, 5.74) is 4.28. The van der Waals surface area contributed by atoms with Gasteiger partial charge in [0.2, 0.25) is 5.91 Å². The van der Waals surface area contributed by atoms with Crippen molar-refractivity contribution in [1.29, 1.82) is 0 Å². The van der Waals surface area contributed by atoms with E-state index in [-0.39, 0.29) is 17.9 Å². The number of amides is 2. The standard InChI is InChI=1S/C25H25N3O3/c29-24(23(27-12-4-5-13-27)18-6-2-1-3-7-18)26-21-8-9-22-19(16-21)10-14-28(22)25(30)20-11-15-31-17-20/h1-3,6-9,11,15-17,23H,4-5,10,12-14H2,(H,26,29). The maximum Gasteiger partial charge on any atom is 0.261 e. The monoisotopic (exact) mass is 415 g/mol. The second-order valence-corrected chi connectivity index (χ2v) is 8.11. The first-order valence-electron chi connectivity index (χ1n) is 10.8. The number of nitrogens with zero attached hydrogens (tertiary/aromatic N) is 2. The molecule has 1 N–H and O–H groups in total. The first-order chi connectivity index (χ1) is 15.2. The van der Waals surface area contributed by atoms with Gasteiger partial charge < -0.3 is 14.6 Å². The van der Waals surface area contributed by atoms with E-state index in [1.807, 2.05) is 48.5 Å². The van der Waals surface area contributed by atoms with Crippen LogP contribution in [0.2, 0.25) is 0 Å². The highest BCUT2D eigenvalue weighted by molar-refractivity contribution is 6.07. The Balaban J connectivity index is 1.35. The van der Waals surface area contributed by atoms with Gasteiger partial charge in [0.05, 0.1) is 11.8 Å². The number of nitrogens with one attached hydrogen (secondary N) is 1. The van der Waals surface area contributed by atoms with Gasteiger partial charge in [0.25, 0.3) is 5.91 Å². The number of anilines is 2. The molecule has 3 aromatic rings. The fourth-order valence-electron chi connectivity index (χ4n) is 4.61. The summed E-state index contributed by atoms with van der Waals surface area (Å²) in [7, 11) is 0. The molecule has 1 fully saturated rings. The highest BCUT2D eigenvalue weighted by atomic mass is 16.3. The molecule has 0 aliphatic carbocycles. The highest BCUT2D eigenvalue weighted by Gasteiger charge is 2.30. The third-order valence-corrected chi connectivity index (χ3v) is 6.13. The molecule has 1 aromatic heterocycles. The van der Waals surface area contributed by atoms with Crippen LogP contribution < -0.4 is 10.2 Å². The molecule has 2 aliphatic heterocycles. The smallest absolute Gasteiger partial charge is 0.261 e. The number of hydrogen-bond acceptors (Lipinski definition) is 4. The summed E-state index contributed by atoms with van der Waals surface area (Å²) >= 11 is 0. The lowest BCUT2D eigenvalue weighted by atomic mass is 10.0. The Bertz CT molecular complexity index is 1070. The Kier molecular flexibility index (Phi) is 5.30. The van der Waals surface area contributed by atoms with E-state index in [4.69, 9.17) is 4.42 Å². The van der Waals surface area contributed by atoms with E-state index >= 15 is 0 Å². The average Bonchev–Trinajstić information content (AvgIpc) is 3.56. The maximum atomic E-state index is 13.3. The van der Waals surface area contributed by atoms with Gasteiger partial charge in [-0.3, -0.25) is 14.5 Å². The van der Waals surface area contributed by atoms with Gasteiger partial charge in [-0.25, -0.2) is 0 Å². The largest absolute Gasteiger partial charge is 0.472 e. The molecule has 0 bridgehead atoms. The summed E-state index contributed by atoms with van der Waals surface area (Å²) in [5, 5.41) is 3.12. The van der Waals surface area contributed by atoms with Gasteiger partial charge in [-0.15, -0.1) is 0 Å². The molecule has 2 aliphatic rings. The van der Waals surface area contributed by atoms with Gasteiger partial charge in [0.1, 0.15) is 12.3 Å². The van der Waals surface area contributed by atoms with Crippen LogP contribution in [0.15, 0.2) is 71.5 Å². The summed E-state index contributed by atoms with van der Waals surface area (Å²) in [6, 6.07) is 17.1. The van der Waals surface area contributed by atoms with Gasteiger partial charge in [0.15, 0.2) is 0 Å². The van der Waals surface area contributed by atoms with Gasteiger partial charge >= 0.3 is 0 Å². The lowest BCUT2D eigenvalue weighted by Crippen LogP contribution is -2.35. The molecular weight excluding hydrogens is 390 g/mol. The summed E-state index contributed by atoms with van der Waals surface area (Å²) in [4.78, 5) is 30.0. The number of hydrogen-bond donors (Lipinski definition) is 1. The Labute approximate surface area is 181 Å². The van der Waals surface area contributed by atoms with Crippen LogP contribution in [-0.2, 0) is 11.2 Å². The number of furan rings is 1. The van der Waals surface area contributed by atoms with E-state index in [2.05, 4.69) is 10.2 Å². The highest BCUT2D eigenvalue weighted by Crippen LogP contribution is 2.33. The fourth-order valence-corrected chi connectivity index (χ4v) is 4.61. The van der Waals surface area contributed by atoms with E-state index in [9.17, 15) is 9.59 Å². The van der Waals surface area contributed by atoms with Gasteiger partial charge in [-0.05, 0) is 67.7 Å². The van der Waals surface area contributed by atoms with Crippen molar-refractivity contribution >= 4 is 23.2 Å². The topological polar surface area (TPSA) is 65.8 Å². The number of benzene rings is 2. The molecule has 3 heterocycles. The van der Waals surface area contributed by atoms with Crippen molar-refractivity contribution in [2.24, 2.45) is 0 Å². The van der Waals surface area contributed by atoms with E-state index in [0.717, 1.165) is 54.9 Å². The van der Waals surface area contributed by atoms with E-state index in [0.29, 0.717) is 12.1 Å². The zero-order valence-corrected chi connectivity index (χ0v) is 17.3. The molecule has 5 rings (SSSR count). The summed E-state index contributed by atoms with van der Waals surface area (Å²) in [5.74, 6) is -0.0835. The van der Waals surface area contributed by atoms with Crippen molar-refractivity contribution in [3.05, 3.63) is 83.8 Å². The zero-order chi connectivity index (χ0) is 21.2. The SMILES string of the molecule is O=C(Nc1ccc2c(c1)CCN2C(=O)c1ccoc1)C(c1ccccc1)N1CCCC1. The Hall–Kier alpha value is -3.38. The zero-order valence-electron chi connectivity index (χ0n) is 17.3. The molecule has 2 amide bonds. The molecule has 1 saturated heterocycles. The Morgan fingerprint density at radius 1 is 0.968 bits per heavy atom. The Morgan fingerprint density at radius 2 is 1.77 bits per heavy atom. The molecule has 0 radical (unpaired) electrons. The second kappa shape index (κ2) is 8.40. The normalized spacial score (nSPS) is 16.8. The lowest BCUT2D eigenvalue weighted by Gasteiger charge is -2.27. The molecule has 1 atom stereocenters. The van der Waals surface area contributed by atoms with Crippen molar-refractivity contribution in [1.82, 2.24) is 4.90 Å². The minimum absolute atomic E-state index is 0.0163. The van der Waals surface area contributed by atoms with Crippen molar-refractivity contribution in [2.75, 3.05) is 29.9 Å². The third kappa shape index (κ3) is 3.86.